The van der Waals surface area contributed by atoms with Gasteiger partial charge >= 0.3 is 5.69 Å². The molecular weight excluding hydrogens is 582 g/mol. The minimum absolute atomic E-state index is 0.209. The lowest BCUT2D eigenvalue weighted by atomic mass is 10.2. The van der Waals surface area contributed by atoms with E-state index in [1.165, 1.54) is 11.7 Å². The Bertz CT molecular complexity index is 1170. The van der Waals surface area contributed by atoms with Gasteiger partial charge in [0.05, 0.1) is 50.5 Å². The standard InChI is InChI=1S/C28H43N5O9S/c1-20-18-33(25-17-23(34)24(42-25)19-38-2)28(36)32-26(20)30-9-3-11-39-13-15-41-16-14-40-12-4-10-31-27(35)21-5-7-22(8-6-21)43(29)37/h5-8,18,23-25,34H,3-4,9-17,19,29H2,1-2H3,(H,31,35)(H,30,32,36). The molecule has 0 radical (unpaired) electrons. The molecule has 240 valence electrons. The lowest BCUT2D eigenvalue weighted by Gasteiger charge is -2.17. The zero-order valence-electron chi connectivity index (χ0n) is 24.7. The molecular formula is C28H43N5O9S. The molecule has 4 unspecified atom stereocenters. The summed E-state index contributed by atoms with van der Waals surface area (Å²) in [6.07, 6.45) is 1.63. The van der Waals surface area contributed by atoms with Crippen molar-refractivity contribution in [2.24, 2.45) is 5.14 Å². The van der Waals surface area contributed by atoms with Crippen molar-refractivity contribution in [1.82, 2.24) is 14.9 Å². The van der Waals surface area contributed by atoms with Crippen LogP contribution in [0.2, 0.25) is 0 Å². The summed E-state index contributed by atoms with van der Waals surface area (Å²) in [6.45, 7) is 5.99. The number of rotatable bonds is 20. The number of methoxy groups -OCH3 is 1. The first-order chi connectivity index (χ1) is 20.8. The first kappa shape index (κ1) is 34.9. The van der Waals surface area contributed by atoms with E-state index in [2.05, 4.69) is 15.6 Å². The lowest BCUT2D eigenvalue weighted by Crippen LogP contribution is -2.29. The molecule has 1 amide bonds. The van der Waals surface area contributed by atoms with Gasteiger partial charge in [-0.2, -0.15) is 4.98 Å². The Morgan fingerprint density at radius 3 is 2.37 bits per heavy atom. The number of aryl methyl sites for hydroxylation is 1. The van der Waals surface area contributed by atoms with Crippen molar-refractivity contribution in [1.29, 1.82) is 0 Å². The second kappa shape index (κ2) is 18.9. The van der Waals surface area contributed by atoms with Crippen molar-refractivity contribution in [2.45, 2.75) is 49.5 Å². The van der Waals surface area contributed by atoms with E-state index in [1.807, 2.05) is 6.92 Å². The maximum Gasteiger partial charge on any atom is 0.351 e. The van der Waals surface area contributed by atoms with Crippen molar-refractivity contribution in [2.75, 3.05) is 71.8 Å². The van der Waals surface area contributed by atoms with Crippen molar-refractivity contribution in [3.05, 3.63) is 52.1 Å². The highest BCUT2D eigenvalue weighted by molar-refractivity contribution is 7.89. The summed E-state index contributed by atoms with van der Waals surface area (Å²) in [6, 6.07) is 6.32. The fourth-order valence-electron chi connectivity index (χ4n) is 4.29. The molecule has 3 rings (SSSR count). The van der Waals surface area contributed by atoms with Crippen molar-refractivity contribution < 1.29 is 38.1 Å². The predicted molar refractivity (Wildman–Crippen MR) is 159 cm³/mol. The number of nitrogens with two attached hydrogens (primary N) is 1. The zero-order valence-corrected chi connectivity index (χ0v) is 25.5. The monoisotopic (exact) mass is 625 g/mol. The third-order valence-electron chi connectivity index (χ3n) is 6.58. The van der Waals surface area contributed by atoms with Gasteiger partial charge < -0.3 is 44.0 Å². The molecule has 2 heterocycles. The van der Waals surface area contributed by atoms with E-state index < -0.39 is 35.5 Å². The molecule has 15 heteroatoms. The van der Waals surface area contributed by atoms with Crippen LogP contribution in [0.5, 0.6) is 0 Å². The summed E-state index contributed by atoms with van der Waals surface area (Å²) in [5.41, 5.74) is 0.827. The van der Waals surface area contributed by atoms with Crippen LogP contribution in [-0.2, 0) is 35.0 Å². The van der Waals surface area contributed by atoms with E-state index in [0.717, 1.165) is 12.0 Å². The van der Waals surface area contributed by atoms with Gasteiger partial charge in [0, 0.05) is 57.2 Å². The molecule has 0 saturated carbocycles. The summed E-state index contributed by atoms with van der Waals surface area (Å²) in [4.78, 5) is 29.2. The summed E-state index contributed by atoms with van der Waals surface area (Å²) in [5.74, 6) is 0.301. The Balaban J connectivity index is 1.15. The summed E-state index contributed by atoms with van der Waals surface area (Å²) < 4.78 is 40.0. The van der Waals surface area contributed by atoms with Gasteiger partial charge in [0.2, 0.25) is 0 Å². The number of aliphatic hydroxyl groups excluding tert-OH is 1. The molecule has 1 aliphatic rings. The van der Waals surface area contributed by atoms with Crippen LogP contribution in [0.1, 0.15) is 41.4 Å². The molecule has 1 fully saturated rings. The van der Waals surface area contributed by atoms with Gasteiger partial charge in [-0.1, -0.05) is 0 Å². The number of ether oxygens (including phenoxy) is 5. The molecule has 1 aliphatic heterocycles. The van der Waals surface area contributed by atoms with Gasteiger partial charge in [0.15, 0.2) is 4.90 Å². The number of hydrogen-bond donors (Lipinski definition) is 4. The summed E-state index contributed by atoms with van der Waals surface area (Å²) in [7, 11) is 1.54. The highest BCUT2D eigenvalue weighted by Gasteiger charge is 2.35. The number of nitrogens with zero attached hydrogens (tertiary/aromatic N) is 2. The average molecular weight is 626 g/mol. The van der Waals surface area contributed by atoms with E-state index in [0.29, 0.717) is 81.8 Å². The van der Waals surface area contributed by atoms with Gasteiger partial charge in [-0.3, -0.25) is 9.36 Å². The predicted octanol–water partition coefficient (Wildman–Crippen LogP) is 0.500. The average Bonchev–Trinajstić information content (AvgIpc) is 3.36. The molecule has 1 aromatic carbocycles. The minimum Gasteiger partial charge on any atom is -0.593 e. The first-order valence-electron chi connectivity index (χ1n) is 14.2. The quantitative estimate of drug-likeness (QED) is 0.118. The lowest BCUT2D eigenvalue weighted by molar-refractivity contribution is -0.0547. The molecule has 0 aliphatic carbocycles. The largest absolute Gasteiger partial charge is 0.593 e. The number of carbonyl (C=O) groups is 1. The molecule has 1 aromatic heterocycles. The Morgan fingerprint density at radius 2 is 1.74 bits per heavy atom. The third-order valence-corrected chi connectivity index (χ3v) is 7.32. The van der Waals surface area contributed by atoms with E-state index in [-0.39, 0.29) is 12.5 Å². The Morgan fingerprint density at radius 1 is 1.12 bits per heavy atom. The highest BCUT2D eigenvalue weighted by atomic mass is 32.2. The van der Waals surface area contributed by atoms with Gasteiger partial charge in [0.25, 0.3) is 5.91 Å². The maximum absolute atomic E-state index is 12.5. The highest BCUT2D eigenvalue weighted by Crippen LogP contribution is 2.28. The van der Waals surface area contributed by atoms with Crippen molar-refractivity contribution in [3.63, 3.8) is 0 Å². The summed E-state index contributed by atoms with van der Waals surface area (Å²) in [5, 5.41) is 21.4. The SMILES string of the molecule is COCC1OC(n2cc(C)c(NCCCOCCOCCOCCCNC(=O)c3ccc([S+](N)[O-])cc3)nc2=O)CC1O. The van der Waals surface area contributed by atoms with Crippen LogP contribution in [0.15, 0.2) is 40.2 Å². The summed E-state index contributed by atoms with van der Waals surface area (Å²) >= 11 is -1.56. The fourth-order valence-corrected chi connectivity index (χ4v) is 4.70. The van der Waals surface area contributed by atoms with Gasteiger partial charge in [-0.15, -0.1) is 5.14 Å². The van der Waals surface area contributed by atoms with Gasteiger partial charge in [-0.25, -0.2) is 4.79 Å². The number of anilines is 1. The van der Waals surface area contributed by atoms with E-state index in [4.69, 9.17) is 28.8 Å². The van der Waals surface area contributed by atoms with Crippen molar-refractivity contribution >= 4 is 23.1 Å². The number of carbonyl (C=O) groups excluding carboxylic acids is 1. The number of aliphatic hydroxyl groups is 1. The number of hydrogen-bond acceptors (Lipinski definition) is 12. The Labute approximate surface area is 254 Å². The van der Waals surface area contributed by atoms with Crippen LogP contribution in [-0.4, -0.2) is 104 Å². The molecule has 1 saturated heterocycles. The number of amides is 1. The normalized spacial score (nSPS) is 19.0. The molecule has 0 spiro atoms. The molecule has 2 aromatic rings. The topological polar surface area (TPSA) is 191 Å². The first-order valence-corrected chi connectivity index (χ1v) is 15.4. The fraction of sp³-hybridized carbons (Fsp3) is 0.607. The Kier molecular flexibility index (Phi) is 15.4. The van der Waals surface area contributed by atoms with Crippen LogP contribution >= 0.6 is 0 Å². The van der Waals surface area contributed by atoms with Crippen LogP contribution in [0, 0.1) is 6.92 Å². The number of benzene rings is 1. The van der Waals surface area contributed by atoms with Gasteiger partial charge in [-0.05, 0) is 44.0 Å². The smallest absolute Gasteiger partial charge is 0.351 e. The number of nitrogens with one attached hydrogen (secondary N) is 2. The van der Waals surface area contributed by atoms with E-state index >= 15 is 0 Å². The van der Waals surface area contributed by atoms with Gasteiger partial charge in [0.1, 0.15) is 18.1 Å². The third kappa shape index (κ3) is 11.8. The molecule has 43 heavy (non-hydrogen) atoms. The maximum atomic E-state index is 12.5. The minimum atomic E-state index is -1.56. The second-order valence-corrected chi connectivity index (χ2v) is 11.0. The van der Waals surface area contributed by atoms with Crippen LogP contribution in [0.3, 0.4) is 0 Å². The second-order valence-electron chi connectivity index (χ2n) is 9.90. The Hall–Kier alpha value is -2.60. The van der Waals surface area contributed by atoms with Crippen LogP contribution in [0.4, 0.5) is 5.82 Å². The molecule has 0 bridgehead atoms. The van der Waals surface area contributed by atoms with E-state index in [9.17, 15) is 19.2 Å². The zero-order chi connectivity index (χ0) is 31.0. The molecule has 5 N–H and O–H groups in total. The van der Waals surface area contributed by atoms with Crippen LogP contribution in [0.25, 0.3) is 0 Å². The number of aromatic nitrogens is 2. The van der Waals surface area contributed by atoms with E-state index in [1.54, 1.807) is 30.5 Å². The molecule has 14 nitrogen and oxygen atoms in total. The van der Waals surface area contributed by atoms with Crippen LogP contribution < -0.4 is 21.5 Å². The molecule has 4 atom stereocenters. The van der Waals surface area contributed by atoms with Crippen molar-refractivity contribution in [3.8, 4) is 0 Å².